The molecule has 0 aromatic carbocycles. The fourth-order valence-corrected chi connectivity index (χ4v) is 4.84. The summed E-state index contributed by atoms with van der Waals surface area (Å²) in [6, 6.07) is 4.20. The lowest BCUT2D eigenvalue weighted by Gasteiger charge is -2.45. The van der Waals surface area contributed by atoms with Gasteiger partial charge in [0.15, 0.2) is 5.65 Å². The molecular formula is C21H33N5O. The number of anilines is 1. The van der Waals surface area contributed by atoms with E-state index in [1.807, 2.05) is 11.6 Å². The van der Waals surface area contributed by atoms with E-state index in [1.54, 1.807) is 4.57 Å². The van der Waals surface area contributed by atoms with Crippen LogP contribution in [0.1, 0.15) is 46.5 Å². The maximum atomic E-state index is 12.8. The number of hydrogen-bond donors (Lipinski definition) is 1. The average molecular weight is 372 g/mol. The van der Waals surface area contributed by atoms with Gasteiger partial charge in [-0.1, -0.05) is 20.8 Å². The zero-order chi connectivity index (χ0) is 19.2. The number of hydrogen-bond acceptors (Lipinski definition) is 4. The molecule has 6 heteroatoms. The van der Waals surface area contributed by atoms with Crippen LogP contribution in [0, 0.1) is 10.8 Å². The van der Waals surface area contributed by atoms with Crippen LogP contribution in [0.4, 0.5) is 5.82 Å². The van der Waals surface area contributed by atoms with Gasteiger partial charge in [-0.3, -0.25) is 9.13 Å². The molecule has 2 aliphatic rings. The van der Waals surface area contributed by atoms with E-state index in [0.29, 0.717) is 12.0 Å². The lowest BCUT2D eigenvalue weighted by Crippen LogP contribution is -2.48. The van der Waals surface area contributed by atoms with E-state index in [-0.39, 0.29) is 11.1 Å². The van der Waals surface area contributed by atoms with Crippen LogP contribution < -0.4 is 15.9 Å². The molecule has 6 nitrogen and oxygen atoms in total. The van der Waals surface area contributed by atoms with Gasteiger partial charge in [-0.05, 0) is 61.7 Å². The Hall–Kier alpha value is -1.82. The first-order valence-corrected chi connectivity index (χ1v) is 10.3. The summed E-state index contributed by atoms with van der Waals surface area (Å²) in [5.41, 5.74) is 2.24. The highest BCUT2D eigenvalue weighted by molar-refractivity contribution is 5.74. The van der Waals surface area contributed by atoms with Crippen molar-refractivity contribution >= 4 is 17.0 Å². The van der Waals surface area contributed by atoms with Crippen molar-refractivity contribution < 1.29 is 0 Å². The van der Waals surface area contributed by atoms with Crippen LogP contribution in [0.15, 0.2) is 16.9 Å². The molecule has 0 aliphatic carbocycles. The fraction of sp³-hybridized carbons (Fsp3) is 0.714. The molecule has 2 fully saturated rings. The molecule has 0 atom stereocenters. The van der Waals surface area contributed by atoms with Crippen molar-refractivity contribution in [2.45, 2.75) is 53.0 Å². The van der Waals surface area contributed by atoms with E-state index < -0.39 is 0 Å². The van der Waals surface area contributed by atoms with Crippen LogP contribution in [0.25, 0.3) is 11.2 Å². The minimum Gasteiger partial charge on any atom is -0.356 e. The highest BCUT2D eigenvalue weighted by Crippen LogP contribution is 2.39. The van der Waals surface area contributed by atoms with Crippen molar-refractivity contribution in [3.63, 3.8) is 0 Å². The van der Waals surface area contributed by atoms with Gasteiger partial charge in [0.05, 0.1) is 5.52 Å². The Morgan fingerprint density at radius 1 is 1.19 bits per heavy atom. The summed E-state index contributed by atoms with van der Waals surface area (Å²) in [4.78, 5) is 20.1. The fourth-order valence-electron chi connectivity index (χ4n) is 4.84. The number of aromatic nitrogens is 3. The Bertz CT molecular complexity index is 877. The van der Waals surface area contributed by atoms with E-state index >= 15 is 0 Å². The topological polar surface area (TPSA) is 55.1 Å². The smallest absolute Gasteiger partial charge is 0.330 e. The predicted molar refractivity (Wildman–Crippen MR) is 110 cm³/mol. The van der Waals surface area contributed by atoms with Crippen molar-refractivity contribution in [1.82, 2.24) is 19.4 Å². The number of aryl methyl sites for hydroxylation is 1. The van der Waals surface area contributed by atoms with Gasteiger partial charge in [0.1, 0.15) is 5.82 Å². The second kappa shape index (κ2) is 6.66. The van der Waals surface area contributed by atoms with Gasteiger partial charge in [-0.2, -0.15) is 0 Å². The lowest BCUT2D eigenvalue weighted by atomic mass is 9.73. The van der Waals surface area contributed by atoms with Crippen LogP contribution in [0.3, 0.4) is 0 Å². The molecule has 0 bridgehead atoms. The van der Waals surface area contributed by atoms with E-state index in [2.05, 4.69) is 43.1 Å². The predicted octanol–water partition coefficient (Wildman–Crippen LogP) is 2.75. The third-order valence-corrected chi connectivity index (χ3v) is 6.25. The molecule has 2 saturated heterocycles. The van der Waals surface area contributed by atoms with Crippen molar-refractivity contribution in [3.05, 3.63) is 22.6 Å². The standard InChI is InChI=1S/C21H33N5O/c1-20(2,3)14-26-16-6-7-17(23-18(16)24(4)19(26)27)25-13-5-8-21(15-25)9-11-22-12-10-21/h6-7,22H,5,8-15H2,1-4H3. The third kappa shape index (κ3) is 3.51. The maximum Gasteiger partial charge on any atom is 0.330 e. The molecule has 1 N–H and O–H groups in total. The van der Waals surface area contributed by atoms with E-state index in [1.165, 1.54) is 25.7 Å². The third-order valence-electron chi connectivity index (χ3n) is 6.25. The van der Waals surface area contributed by atoms with E-state index in [4.69, 9.17) is 4.98 Å². The van der Waals surface area contributed by atoms with Gasteiger partial charge in [0.25, 0.3) is 0 Å². The number of rotatable bonds is 2. The summed E-state index contributed by atoms with van der Waals surface area (Å²) in [7, 11) is 1.84. The summed E-state index contributed by atoms with van der Waals surface area (Å²) in [6.45, 7) is 11.6. The van der Waals surface area contributed by atoms with Gasteiger partial charge in [0, 0.05) is 26.7 Å². The van der Waals surface area contributed by atoms with Crippen molar-refractivity contribution in [2.24, 2.45) is 17.9 Å². The highest BCUT2D eigenvalue weighted by atomic mass is 16.1. The monoisotopic (exact) mass is 371 g/mol. The zero-order valence-electron chi connectivity index (χ0n) is 17.2. The SMILES string of the molecule is Cn1c(=O)n(CC(C)(C)C)c2ccc(N3CCCC4(CCNCC4)C3)nc21. The summed E-state index contributed by atoms with van der Waals surface area (Å²) in [5.74, 6) is 1.02. The van der Waals surface area contributed by atoms with E-state index in [9.17, 15) is 4.79 Å². The Balaban J connectivity index is 1.67. The molecule has 4 heterocycles. The minimum atomic E-state index is 0.0260. The molecule has 2 aromatic heterocycles. The summed E-state index contributed by atoms with van der Waals surface area (Å²) in [5, 5.41) is 3.50. The molecule has 0 saturated carbocycles. The molecule has 0 radical (unpaired) electrons. The van der Waals surface area contributed by atoms with Crippen LogP contribution in [-0.2, 0) is 13.6 Å². The molecule has 1 spiro atoms. The molecule has 0 unspecified atom stereocenters. The summed E-state index contributed by atoms with van der Waals surface area (Å²) in [6.07, 6.45) is 5.07. The summed E-state index contributed by atoms with van der Waals surface area (Å²) < 4.78 is 3.57. The first kappa shape index (κ1) is 18.5. The molecular weight excluding hydrogens is 338 g/mol. The first-order chi connectivity index (χ1) is 12.8. The van der Waals surface area contributed by atoms with Gasteiger partial charge in [-0.25, -0.2) is 9.78 Å². The van der Waals surface area contributed by atoms with Gasteiger partial charge >= 0.3 is 5.69 Å². The zero-order valence-corrected chi connectivity index (χ0v) is 17.2. The largest absolute Gasteiger partial charge is 0.356 e. The number of imidazole rings is 1. The van der Waals surface area contributed by atoms with Gasteiger partial charge in [0.2, 0.25) is 0 Å². The molecule has 27 heavy (non-hydrogen) atoms. The Kier molecular flexibility index (Phi) is 4.57. The maximum absolute atomic E-state index is 12.8. The molecule has 148 valence electrons. The number of nitrogens with zero attached hydrogens (tertiary/aromatic N) is 4. The van der Waals surface area contributed by atoms with Crippen molar-refractivity contribution in [3.8, 4) is 0 Å². The Labute approximate surface area is 161 Å². The second-order valence-electron chi connectivity index (χ2n) is 9.78. The lowest BCUT2D eigenvalue weighted by molar-refractivity contribution is 0.166. The summed E-state index contributed by atoms with van der Waals surface area (Å²) >= 11 is 0. The Morgan fingerprint density at radius 3 is 2.63 bits per heavy atom. The van der Waals surface area contributed by atoms with Crippen LogP contribution in [-0.4, -0.2) is 40.3 Å². The van der Waals surface area contributed by atoms with Gasteiger partial charge < -0.3 is 10.2 Å². The molecule has 2 aromatic rings. The normalized spacial score (nSPS) is 20.5. The number of nitrogens with one attached hydrogen (secondary N) is 1. The quantitative estimate of drug-likeness (QED) is 0.882. The number of fused-ring (bicyclic) bond motifs is 1. The van der Waals surface area contributed by atoms with Crippen LogP contribution in [0.2, 0.25) is 0 Å². The minimum absolute atomic E-state index is 0.0260. The van der Waals surface area contributed by atoms with Crippen LogP contribution >= 0.6 is 0 Å². The average Bonchev–Trinajstić information content (AvgIpc) is 2.86. The molecule has 4 rings (SSSR count). The Morgan fingerprint density at radius 2 is 1.93 bits per heavy atom. The first-order valence-electron chi connectivity index (χ1n) is 10.3. The second-order valence-corrected chi connectivity index (χ2v) is 9.78. The number of piperidine rings is 2. The van der Waals surface area contributed by atoms with E-state index in [0.717, 1.165) is 43.2 Å². The number of pyridine rings is 1. The molecule has 2 aliphatic heterocycles. The van der Waals surface area contributed by atoms with Crippen molar-refractivity contribution in [2.75, 3.05) is 31.1 Å². The highest BCUT2D eigenvalue weighted by Gasteiger charge is 2.37. The molecule has 0 amide bonds. The van der Waals surface area contributed by atoms with Crippen LogP contribution in [0.5, 0.6) is 0 Å². The van der Waals surface area contributed by atoms with Crippen molar-refractivity contribution in [1.29, 1.82) is 0 Å². The van der Waals surface area contributed by atoms with Gasteiger partial charge in [-0.15, -0.1) is 0 Å².